The molecule has 1 aromatic carbocycles. The van der Waals surface area contributed by atoms with Crippen molar-refractivity contribution in [1.82, 2.24) is 10.9 Å². The van der Waals surface area contributed by atoms with E-state index in [-0.39, 0.29) is 11.8 Å². The third-order valence-electron chi connectivity index (χ3n) is 3.60. The number of amides is 2. The van der Waals surface area contributed by atoms with Gasteiger partial charge >= 0.3 is 0 Å². The van der Waals surface area contributed by atoms with Crippen molar-refractivity contribution >= 4 is 11.8 Å². The van der Waals surface area contributed by atoms with Gasteiger partial charge in [0.2, 0.25) is 5.91 Å². The smallest absolute Gasteiger partial charge is 0.269 e. The number of hydrogen-bond donors (Lipinski definition) is 2. The second kappa shape index (κ2) is 8.22. The summed E-state index contributed by atoms with van der Waals surface area (Å²) >= 11 is 0. The van der Waals surface area contributed by atoms with Gasteiger partial charge in [-0.05, 0) is 43.9 Å². The van der Waals surface area contributed by atoms with Crippen molar-refractivity contribution in [3.8, 4) is 11.5 Å². The molecule has 6 nitrogen and oxygen atoms in total. The van der Waals surface area contributed by atoms with Gasteiger partial charge < -0.3 is 9.47 Å². The summed E-state index contributed by atoms with van der Waals surface area (Å²) in [4.78, 5) is 23.9. The molecule has 0 aliphatic heterocycles. The molecule has 2 amide bonds. The Morgan fingerprint density at radius 2 is 2.09 bits per heavy atom. The van der Waals surface area contributed by atoms with Crippen LogP contribution < -0.4 is 20.3 Å². The Morgan fingerprint density at radius 3 is 2.74 bits per heavy atom. The average Bonchev–Trinajstić information content (AvgIpc) is 3.06. The molecule has 0 radical (unpaired) electrons. The topological polar surface area (TPSA) is 76.7 Å². The van der Waals surface area contributed by atoms with Gasteiger partial charge in [0.15, 0.2) is 11.5 Å². The fourth-order valence-corrected chi connectivity index (χ4v) is 2.44. The minimum absolute atomic E-state index is 0.201. The van der Waals surface area contributed by atoms with E-state index in [4.69, 9.17) is 9.47 Å². The normalized spacial score (nSPS) is 16.0. The highest BCUT2D eigenvalue weighted by molar-refractivity contribution is 5.96. The van der Waals surface area contributed by atoms with Crippen LogP contribution in [0.4, 0.5) is 0 Å². The van der Waals surface area contributed by atoms with Crippen LogP contribution in [0.2, 0.25) is 0 Å². The molecule has 2 rings (SSSR count). The second-order valence-corrected chi connectivity index (χ2v) is 5.27. The zero-order valence-corrected chi connectivity index (χ0v) is 13.4. The van der Waals surface area contributed by atoms with E-state index >= 15 is 0 Å². The number of carbonyl (C=O) groups is 2. The molecule has 0 fully saturated rings. The van der Waals surface area contributed by atoms with Crippen molar-refractivity contribution in [1.29, 1.82) is 0 Å². The molecule has 23 heavy (non-hydrogen) atoms. The van der Waals surface area contributed by atoms with E-state index in [1.165, 1.54) is 7.11 Å². The van der Waals surface area contributed by atoms with Crippen molar-refractivity contribution in [2.45, 2.75) is 26.2 Å². The van der Waals surface area contributed by atoms with Gasteiger partial charge in [-0.3, -0.25) is 20.4 Å². The van der Waals surface area contributed by atoms with E-state index in [0.717, 1.165) is 12.8 Å². The number of carbonyl (C=O) groups excluding carboxylic acids is 2. The standard InChI is InChI=1S/C17H22N2O4/c1-3-23-14-9-8-13(11-15(14)22-2)17(21)19-18-16(20)10-12-6-4-5-7-12/h4,6,8-9,11-12H,3,5,7,10H2,1-2H3,(H,18,20)(H,19,21). The van der Waals surface area contributed by atoms with Crippen LogP contribution in [0.25, 0.3) is 0 Å². The number of methoxy groups -OCH3 is 1. The fourth-order valence-electron chi connectivity index (χ4n) is 2.44. The molecule has 0 heterocycles. The lowest BCUT2D eigenvalue weighted by Crippen LogP contribution is -2.42. The summed E-state index contributed by atoms with van der Waals surface area (Å²) in [5.41, 5.74) is 5.24. The van der Waals surface area contributed by atoms with Gasteiger partial charge in [-0.25, -0.2) is 0 Å². The number of nitrogens with one attached hydrogen (secondary N) is 2. The summed E-state index contributed by atoms with van der Waals surface area (Å²) in [6.45, 7) is 2.38. The highest BCUT2D eigenvalue weighted by atomic mass is 16.5. The zero-order valence-electron chi connectivity index (χ0n) is 13.4. The van der Waals surface area contributed by atoms with Crippen molar-refractivity contribution in [3.05, 3.63) is 35.9 Å². The number of rotatable bonds is 6. The van der Waals surface area contributed by atoms with E-state index in [2.05, 4.69) is 16.9 Å². The monoisotopic (exact) mass is 318 g/mol. The van der Waals surface area contributed by atoms with Crippen molar-refractivity contribution in [2.24, 2.45) is 5.92 Å². The molecule has 1 atom stereocenters. The van der Waals surface area contributed by atoms with E-state index < -0.39 is 5.91 Å². The van der Waals surface area contributed by atoms with Gasteiger partial charge in [-0.2, -0.15) is 0 Å². The van der Waals surface area contributed by atoms with E-state index in [9.17, 15) is 9.59 Å². The van der Waals surface area contributed by atoms with E-state index in [0.29, 0.717) is 30.1 Å². The molecule has 0 saturated carbocycles. The second-order valence-electron chi connectivity index (χ2n) is 5.27. The SMILES string of the molecule is CCOc1ccc(C(=O)NNC(=O)CC2C=CCC2)cc1OC. The maximum absolute atomic E-state index is 12.1. The van der Waals surface area contributed by atoms with Crippen LogP contribution in [0.1, 0.15) is 36.5 Å². The van der Waals surface area contributed by atoms with Gasteiger partial charge in [0.25, 0.3) is 5.91 Å². The molecular weight excluding hydrogens is 296 g/mol. The summed E-state index contributed by atoms with van der Waals surface area (Å²) in [6, 6.07) is 4.86. The van der Waals surface area contributed by atoms with Crippen LogP contribution in [-0.4, -0.2) is 25.5 Å². The molecule has 1 unspecified atom stereocenters. The molecule has 1 aromatic rings. The first-order valence-corrected chi connectivity index (χ1v) is 7.70. The van der Waals surface area contributed by atoms with Gasteiger partial charge in [0.1, 0.15) is 0 Å². The quantitative estimate of drug-likeness (QED) is 0.623. The van der Waals surface area contributed by atoms with Crippen molar-refractivity contribution in [3.63, 3.8) is 0 Å². The van der Waals surface area contributed by atoms with Gasteiger partial charge in [-0.15, -0.1) is 0 Å². The Labute approximate surface area is 135 Å². The van der Waals surface area contributed by atoms with Gasteiger partial charge in [0.05, 0.1) is 13.7 Å². The number of hydrogen-bond acceptors (Lipinski definition) is 4. The Morgan fingerprint density at radius 1 is 1.26 bits per heavy atom. The highest BCUT2D eigenvalue weighted by Crippen LogP contribution is 2.27. The summed E-state index contributed by atoms with van der Waals surface area (Å²) < 4.78 is 10.6. The molecule has 124 valence electrons. The summed E-state index contributed by atoms with van der Waals surface area (Å²) in [5.74, 6) is 0.706. The Balaban J connectivity index is 1.89. The largest absolute Gasteiger partial charge is 0.493 e. The van der Waals surface area contributed by atoms with Gasteiger partial charge in [0, 0.05) is 12.0 Å². The molecule has 1 aliphatic carbocycles. The van der Waals surface area contributed by atoms with Crippen LogP contribution >= 0.6 is 0 Å². The van der Waals surface area contributed by atoms with Gasteiger partial charge in [-0.1, -0.05) is 12.2 Å². The molecule has 1 aliphatic rings. The molecular formula is C17H22N2O4. The zero-order chi connectivity index (χ0) is 16.7. The predicted molar refractivity (Wildman–Crippen MR) is 86.3 cm³/mol. The van der Waals surface area contributed by atoms with Crippen LogP contribution in [0, 0.1) is 5.92 Å². The Kier molecular flexibility index (Phi) is 6.02. The summed E-state index contributed by atoms with van der Waals surface area (Å²) in [6.07, 6.45) is 6.48. The van der Waals surface area contributed by atoms with E-state index in [1.807, 2.05) is 13.0 Å². The van der Waals surface area contributed by atoms with Crippen LogP contribution in [0.3, 0.4) is 0 Å². The first-order valence-electron chi connectivity index (χ1n) is 7.70. The molecule has 0 aromatic heterocycles. The molecule has 0 saturated heterocycles. The molecule has 2 N–H and O–H groups in total. The lowest BCUT2D eigenvalue weighted by molar-refractivity contribution is -0.122. The maximum Gasteiger partial charge on any atom is 0.269 e. The van der Waals surface area contributed by atoms with Crippen LogP contribution in [0.15, 0.2) is 30.4 Å². The minimum Gasteiger partial charge on any atom is -0.493 e. The lowest BCUT2D eigenvalue weighted by atomic mass is 10.1. The van der Waals surface area contributed by atoms with Crippen LogP contribution in [-0.2, 0) is 4.79 Å². The number of ether oxygens (including phenoxy) is 2. The first-order chi connectivity index (χ1) is 11.1. The lowest BCUT2D eigenvalue weighted by Gasteiger charge is -2.12. The minimum atomic E-state index is -0.401. The third kappa shape index (κ3) is 4.74. The van der Waals surface area contributed by atoms with E-state index in [1.54, 1.807) is 18.2 Å². The van der Waals surface area contributed by atoms with Crippen molar-refractivity contribution in [2.75, 3.05) is 13.7 Å². The third-order valence-corrected chi connectivity index (χ3v) is 3.60. The molecule has 0 spiro atoms. The Hall–Kier alpha value is -2.50. The number of benzene rings is 1. The predicted octanol–water partition coefficient (Wildman–Crippen LogP) is 2.21. The van der Waals surface area contributed by atoms with Crippen LogP contribution in [0.5, 0.6) is 11.5 Å². The highest BCUT2D eigenvalue weighted by Gasteiger charge is 2.15. The number of hydrazine groups is 1. The molecule has 6 heteroatoms. The van der Waals surface area contributed by atoms with Crippen molar-refractivity contribution < 1.29 is 19.1 Å². The number of allylic oxidation sites excluding steroid dienone is 2. The fraction of sp³-hybridized carbons (Fsp3) is 0.412. The molecule has 0 bridgehead atoms. The average molecular weight is 318 g/mol. The first kappa shape index (κ1) is 16.9. The maximum atomic E-state index is 12.1. The summed E-state index contributed by atoms with van der Waals surface area (Å²) in [7, 11) is 1.51. The Bertz CT molecular complexity index is 598. The summed E-state index contributed by atoms with van der Waals surface area (Å²) in [5, 5.41) is 0.